The Balaban J connectivity index is 1.42. The van der Waals surface area contributed by atoms with Crippen LogP contribution in [-0.2, 0) is 18.4 Å². The number of halogens is 1. The van der Waals surface area contributed by atoms with Gasteiger partial charge in [-0.15, -0.1) is 0 Å². The number of amides is 1. The van der Waals surface area contributed by atoms with Crippen molar-refractivity contribution in [2.45, 2.75) is 6.61 Å². The van der Waals surface area contributed by atoms with Gasteiger partial charge < -0.3 is 10.5 Å². The largest absolute Gasteiger partial charge is 0.444 e. The van der Waals surface area contributed by atoms with E-state index < -0.39 is 6.09 Å². The number of nitrogen functional groups attached to an aromatic ring is 1. The Morgan fingerprint density at radius 1 is 1.24 bits per heavy atom. The maximum absolute atomic E-state index is 12.2. The molecule has 0 aliphatic carbocycles. The van der Waals surface area contributed by atoms with Crippen LogP contribution in [-0.4, -0.2) is 40.4 Å². The summed E-state index contributed by atoms with van der Waals surface area (Å²) in [5.41, 5.74) is 9.77. The van der Waals surface area contributed by atoms with Gasteiger partial charge in [-0.3, -0.25) is 19.5 Å². The van der Waals surface area contributed by atoms with Crippen molar-refractivity contribution in [2.75, 3.05) is 11.1 Å². The molecule has 0 atom stereocenters. The molecule has 5 rings (SSSR count). The number of nitrogens with two attached hydrogens (primary N) is 1. The Labute approximate surface area is 201 Å². The summed E-state index contributed by atoms with van der Waals surface area (Å²) in [6, 6.07) is 8.94. The minimum atomic E-state index is -0.625. The smallest absolute Gasteiger partial charge is 0.413 e. The third-order valence-corrected chi connectivity index (χ3v) is 5.42. The summed E-state index contributed by atoms with van der Waals surface area (Å²) in [6.07, 6.45) is 7.85. The van der Waals surface area contributed by atoms with Crippen LogP contribution in [0.4, 0.5) is 16.4 Å². The van der Waals surface area contributed by atoms with E-state index in [4.69, 9.17) is 10.5 Å². The molecule has 0 spiro atoms. The topological polar surface area (TPSA) is 139 Å². The highest BCUT2D eigenvalue weighted by atomic mass is 79.9. The highest BCUT2D eigenvalue weighted by molar-refractivity contribution is 9.10. The summed E-state index contributed by atoms with van der Waals surface area (Å²) < 4.78 is 9.52. The van der Waals surface area contributed by atoms with Crippen molar-refractivity contribution in [3.63, 3.8) is 0 Å². The second-order valence-corrected chi connectivity index (χ2v) is 8.16. The third kappa shape index (κ3) is 4.30. The maximum Gasteiger partial charge on any atom is 0.413 e. The van der Waals surface area contributed by atoms with E-state index >= 15 is 0 Å². The van der Waals surface area contributed by atoms with E-state index in [0.717, 1.165) is 16.9 Å². The number of hydrogen-bond acceptors (Lipinski definition) is 8. The van der Waals surface area contributed by atoms with Crippen LogP contribution in [0.3, 0.4) is 0 Å². The summed E-state index contributed by atoms with van der Waals surface area (Å²) in [5, 5.41) is 7.77. The zero-order valence-electron chi connectivity index (χ0n) is 17.9. The van der Waals surface area contributed by atoms with Crippen molar-refractivity contribution in [3.8, 4) is 16.9 Å². The molecule has 0 saturated carbocycles. The molecule has 11 nitrogen and oxygen atoms in total. The first-order valence-corrected chi connectivity index (χ1v) is 10.9. The summed E-state index contributed by atoms with van der Waals surface area (Å²) in [6.45, 7) is 0.0180. The van der Waals surface area contributed by atoms with E-state index in [1.54, 1.807) is 35.3 Å². The lowest BCUT2D eigenvalue weighted by Crippen LogP contribution is -2.14. The second kappa shape index (κ2) is 8.90. The average Bonchev–Trinajstić information content (AvgIpc) is 3.42. The second-order valence-electron chi connectivity index (χ2n) is 7.34. The number of fused-ring (bicyclic) bond motifs is 1. The minimum Gasteiger partial charge on any atom is -0.444 e. The van der Waals surface area contributed by atoms with Gasteiger partial charge >= 0.3 is 6.09 Å². The number of aromatic nitrogens is 7. The molecule has 12 heteroatoms. The molecule has 5 aromatic heterocycles. The van der Waals surface area contributed by atoms with Crippen LogP contribution in [0.25, 0.3) is 28.0 Å². The van der Waals surface area contributed by atoms with E-state index in [2.05, 4.69) is 46.3 Å². The molecule has 5 heterocycles. The molecular formula is C22H18BrN9O2. The first-order valence-electron chi connectivity index (χ1n) is 10.1. The monoisotopic (exact) mass is 519 g/mol. The molecule has 0 unspecified atom stereocenters. The lowest BCUT2D eigenvalue weighted by molar-refractivity contribution is 0.155. The quantitative estimate of drug-likeness (QED) is 0.335. The van der Waals surface area contributed by atoms with Crippen LogP contribution in [0.1, 0.15) is 5.56 Å². The normalized spacial score (nSPS) is 11.0. The molecule has 170 valence electrons. The van der Waals surface area contributed by atoms with Gasteiger partial charge in [-0.1, -0.05) is 6.07 Å². The lowest BCUT2D eigenvalue weighted by Gasteiger charge is -2.09. The molecule has 0 aliphatic heterocycles. The van der Waals surface area contributed by atoms with Gasteiger partial charge in [0.25, 0.3) is 0 Å². The van der Waals surface area contributed by atoms with Crippen molar-refractivity contribution in [2.24, 2.45) is 7.05 Å². The maximum atomic E-state index is 12.2. The molecule has 34 heavy (non-hydrogen) atoms. The van der Waals surface area contributed by atoms with Crippen LogP contribution in [0.2, 0.25) is 0 Å². The van der Waals surface area contributed by atoms with Gasteiger partial charge in [0.2, 0.25) is 0 Å². The van der Waals surface area contributed by atoms with Crippen molar-refractivity contribution in [1.82, 2.24) is 34.3 Å². The Morgan fingerprint density at radius 2 is 2.12 bits per heavy atom. The van der Waals surface area contributed by atoms with Gasteiger partial charge in [-0.2, -0.15) is 5.10 Å². The van der Waals surface area contributed by atoms with Gasteiger partial charge in [0.05, 0.1) is 23.0 Å². The highest BCUT2D eigenvalue weighted by Gasteiger charge is 2.18. The lowest BCUT2D eigenvalue weighted by atomic mass is 10.2. The number of nitrogens with one attached hydrogen (secondary N) is 1. The third-order valence-electron chi connectivity index (χ3n) is 4.98. The minimum absolute atomic E-state index is 0.0180. The molecule has 0 bridgehead atoms. The number of aryl methyl sites for hydroxylation is 1. The van der Waals surface area contributed by atoms with Crippen LogP contribution in [0, 0.1) is 0 Å². The number of pyridine rings is 2. The van der Waals surface area contributed by atoms with Crippen molar-refractivity contribution in [3.05, 3.63) is 71.6 Å². The summed E-state index contributed by atoms with van der Waals surface area (Å²) in [5.74, 6) is 0.735. The average molecular weight is 520 g/mol. The first kappa shape index (κ1) is 21.5. The van der Waals surface area contributed by atoms with Crippen LogP contribution >= 0.6 is 15.9 Å². The Morgan fingerprint density at radius 3 is 2.91 bits per heavy atom. The van der Waals surface area contributed by atoms with Crippen molar-refractivity contribution < 1.29 is 9.53 Å². The van der Waals surface area contributed by atoms with E-state index in [0.29, 0.717) is 32.8 Å². The van der Waals surface area contributed by atoms with E-state index in [9.17, 15) is 4.79 Å². The summed E-state index contributed by atoms with van der Waals surface area (Å²) >= 11 is 3.26. The molecule has 1 amide bonds. The van der Waals surface area contributed by atoms with Gasteiger partial charge in [0.1, 0.15) is 29.2 Å². The molecule has 0 aliphatic rings. The van der Waals surface area contributed by atoms with Gasteiger partial charge in [-0.25, -0.2) is 19.7 Å². The molecule has 0 aromatic carbocycles. The fourth-order valence-electron chi connectivity index (χ4n) is 3.49. The van der Waals surface area contributed by atoms with Gasteiger partial charge in [-0.05, 0) is 40.2 Å². The molecule has 0 radical (unpaired) electrons. The fourth-order valence-corrected chi connectivity index (χ4v) is 3.83. The zero-order chi connectivity index (χ0) is 23.7. The number of carbonyl (C=O) groups excluding carboxylic acids is 1. The molecule has 5 aromatic rings. The van der Waals surface area contributed by atoms with E-state index in [1.165, 1.54) is 6.33 Å². The predicted molar refractivity (Wildman–Crippen MR) is 129 cm³/mol. The Kier molecular flexibility index (Phi) is 5.64. The van der Waals surface area contributed by atoms with Crippen LogP contribution in [0.15, 0.2) is 66.0 Å². The molecule has 0 saturated heterocycles. The summed E-state index contributed by atoms with van der Waals surface area (Å²) in [4.78, 5) is 29.2. The fraction of sp³-hybridized carbons (Fsp3) is 0.0909. The highest BCUT2D eigenvalue weighted by Crippen LogP contribution is 2.33. The van der Waals surface area contributed by atoms with Crippen LogP contribution in [0.5, 0.6) is 0 Å². The SMILES string of the molecule is Cn1ccc(-c2cn(-c3cncc(COC(=O)Nc4cccc(Br)n4)c3)c3ncnc(N)c23)n1. The number of rotatable bonds is 5. The van der Waals surface area contributed by atoms with Gasteiger partial charge in [0.15, 0.2) is 5.65 Å². The van der Waals surface area contributed by atoms with Crippen LogP contribution < -0.4 is 11.1 Å². The molecule has 0 fully saturated rings. The first-order chi connectivity index (χ1) is 16.5. The summed E-state index contributed by atoms with van der Waals surface area (Å²) in [7, 11) is 1.85. The molecular weight excluding hydrogens is 502 g/mol. The number of nitrogens with zero attached hydrogens (tertiary/aromatic N) is 7. The number of anilines is 2. The van der Waals surface area contributed by atoms with Gasteiger partial charge in [0, 0.05) is 36.8 Å². The Bertz CT molecular complexity index is 1510. The molecule has 3 N–H and O–H groups in total. The predicted octanol–water partition coefficient (Wildman–Crippen LogP) is 3.70. The van der Waals surface area contributed by atoms with Crippen molar-refractivity contribution in [1.29, 1.82) is 0 Å². The zero-order valence-corrected chi connectivity index (χ0v) is 19.5. The number of hydrogen-bond donors (Lipinski definition) is 2. The van der Waals surface area contributed by atoms with Crippen molar-refractivity contribution >= 4 is 44.7 Å². The number of carbonyl (C=O) groups is 1. The van der Waals surface area contributed by atoms with E-state index in [1.807, 2.05) is 36.1 Å². The number of ether oxygens (including phenoxy) is 1. The Hall–Kier alpha value is -4.32. The van der Waals surface area contributed by atoms with E-state index in [-0.39, 0.29) is 6.61 Å². The standard InChI is InChI=1S/C22H18BrN9O2/c1-31-6-5-16(30-31)15-10-32(21-19(15)20(24)26-12-27-21)14-7-13(8-25-9-14)11-34-22(33)29-18-4-2-3-17(23)28-18/h2-10,12H,11H2,1H3,(H2,24,26,27)(H,28,29,33).